The van der Waals surface area contributed by atoms with Gasteiger partial charge >= 0.3 is 0 Å². The minimum absolute atomic E-state index is 0.374. The first-order chi connectivity index (χ1) is 7.91. The fourth-order valence-electron chi connectivity index (χ4n) is 1.86. The maximum Gasteiger partial charge on any atom is 0.239 e. The number of hydrogen-bond acceptors (Lipinski definition) is 4. The first-order valence-electron chi connectivity index (χ1n) is 5.70. The highest BCUT2D eigenvalue weighted by atomic mass is 16.1. The van der Waals surface area contributed by atoms with E-state index in [0.717, 1.165) is 12.1 Å². The molecule has 0 bridgehead atoms. The number of nitrogens with two attached hydrogens (primary N) is 1. The Bertz CT molecular complexity index is 375. The summed E-state index contributed by atoms with van der Waals surface area (Å²) in [5, 5.41) is 0. The van der Waals surface area contributed by atoms with E-state index in [0.29, 0.717) is 11.7 Å². The molecular formula is C12H20N4O. The lowest BCUT2D eigenvalue weighted by molar-refractivity contribution is -0.123. The van der Waals surface area contributed by atoms with Gasteiger partial charge in [-0.1, -0.05) is 13.8 Å². The van der Waals surface area contributed by atoms with Gasteiger partial charge in [0.25, 0.3) is 0 Å². The summed E-state index contributed by atoms with van der Waals surface area (Å²) in [6.45, 7) is 6.79. The third-order valence-corrected chi connectivity index (χ3v) is 2.48. The van der Waals surface area contributed by atoms with Crippen molar-refractivity contribution in [1.82, 2.24) is 14.9 Å². The molecule has 1 unspecified atom stereocenters. The Labute approximate surface area is 102 Å². The van der Waals surface area contributed by atoms with E-state index in [-0.39, 0.29) is 5.91 Å². The quantitative estimate of drug-likeness (QED) is 0.824. The largest absolute Gasteiger partial charge is 0.368 e. The highest BCUT2D eigenvalue weighted by molar-refractivity contribution is 5.81. The van der Waals surface area contributed by atoms with Crippen molar-refractivity contribution in [3.63, 3.8) is 0 Å². The standard InChI is InChI=1S/C12H20N4O/c1-8(2)7-16(4)11(12(13)17)10-5-14-9(3)15-6-10/h5-6,8,11H,7H2,1-4H3,(H2,13,17). The average molecular weight is 236 g/mol. The summed E-state index contributed by atoms with van der Waals surface area (Å²) in [4.78, 5) is 21.7. The van der Waals surface area contributed by atoms with Crippen LogP contribution < -0.4 is 5.73 Å². The summed E-state index contributed by atoms with van der Waals surface area (Å²) < 4.78 is 0. The van der Waals surface area contributed by atoms with Crippen LogP contribution in [-0.4, -0.2) is 34.4 Å². The molecule has 5 nitrogen and oxygen atoms in total. The van der Waals surface area contributed by atoms with Crippen molar-refractivity contribution in [3.8, 4) is 0 Å². The molecule has 1 aromatic rings. The van der Waals surface area contributed by atoms with Crippen LogP contribution in [0.4, 0.5) is 0 Å². The Morgan fingerprint density at radius 2 is 1.94 bits per heavy atom. The van der Waals surface area contributed by atoms with Crippen molar-refractivity contribution in [2.45, 2.75) is 26.8 Å². The molecule has 1 aromatic heterocycles. The van der Waals surface area contributed by atoms with E-state index < -0.39 is 6.04 Å². The number of aryl methyl sites for hydroxylation is 1. The van der Waals surface area contributed by atoms with E-state index in [1.165, 1.54) is 0 Å². The van der Waals surface area contributed by atoms with Crippen LogP contribution in [0.3, 0.4) is 0 Å². The molecule has 0 aliphatic carbocycles. The average Bonchev–Trinajstić information content (AvgIpc) is 2.19. The second-order valence-corrected chi connectivity index (χ2v) is 4.70. The monoisotopic (exact) mass is 236 g/mol. The van der Waals surface area contributed by atoms with Crippen LogP contribution in [-0.2, 0) is 4.79 Å². The second-order valence-electron chi connectivity index (χ2n) is 4.70. The number of rotatable bonds is 5. The van der Waals surface area contributed by atoms with Gasteiger partial charge in [0.05, 0.1) is 0 Å². The molecule has 1 amide bonds. The number of carbonyl (C=O) groups excluding carboxylic acids is 1. The summed E-state index contributed by atoms with van der Waals surface area (Å²) in [6.07, 6.45) is 3.32. The summed E-state index contributed by atoms with van der Waals surface area (Å²) in [7, 11) is 1.88. The molecule has 1 atom stereocenters. The van der Waals surface area contributed by atoms with Gasteiger partial charge in [-0.2, -0.15) is 0 Å². The highest BCUT2D eigenvalue weighted by Gasteiger charge is 2.23. The Balaban J connectivity index is 2.93. The number of carbonyl (C=O) groups is 1. The lowest BCUT2D eigenvalue weighted by Crippen LogP contribution is -2.37. The summed E-state index contributed by atoms with van der Waals surface area (Å²) >= 11 is 0. The van der Waals surface area contributed by atoms with E-state index in [1.54, 1.807) is 19.3 Å². The number of likely N-dealkylation sites (N-methyl/N-ethyl adjacent to an activating group) is 1. The molecule has 94 valence electrons. The predicted molar refractivity (Wildman–Crippen MR) is 66.2 cm³/mol. The lowest BCUT2D eigenvalue weighted by atomic mass is 10.1. The van der Waals surface area contributed by atoms with Crippen molar-refractivity contribution in [1.29, 1.82) is 0 Å². The fourth-order valence-corrected chi connectivity index (χ4v) is 1.86. The molecular weight excluding hydrogens is 216 g/mol. The van der Waals surface area contributed by atoms with Crippen LogP contribution in [0.25, 0.3) is 0 Å². The number of amides is 1. The number of primary amides is 1. The van der Waals surface area contributed by atoms with Crippen LogP contribution in [0.1, 0.15) is 31.3 Å². The molecule has 0 spiro atoms. The minimum atomic E-state index is -0.460. The van der Waals surface area contributed by atoms with Crippen molar-refractivity contribution >= 4 is 5.91 Å². The van der Waals surface area contributed by atoms with E-state index in [2.05, 4.69) is 23.8 Å². The SMILES string of the molecule is Cc1ncc(C(C(N)=O)N(C)CC(C)C)cn1. The van der Waals surface area contributed by atoms with Crippen LogP contribution >= 0.6 is 0 Å². The Hall–Kier alpha value is -1.49. The van der Waals surface area contributed by atoms with Gasteiger partial charge in [-0.15, -0.1) is 0 Å². The molecule has 0 radical (unpaired) electrons. The van der Waals surface area contributed by atoms with E-state index in [4.69, 9.17) is 5.73 Å². The third kappa shape index (κ3) is 3.78. The van der Waals surface area contributed by atoms with Gasteiger partial charge in [-0.3, -0.25) is 9.69 Å². The maximum absolute atomic E-state index is 11.5. The Kier molecular flexibility index (Phi) is 4.57. The van der Waals surface area contributed by atoms with Gasteiger partial charge in [0.1, 0.15) is 11.9 Å². The Morgan fingerprint density at radius 1 is 1.41 bits per heavy atom. The molecule has 2 N–H and O–H groups in total. The third-order valence-electron chi connectivity index (χ3n) is 2.48. The zero-order valence-electron chi connectivity index (χ0n) is 10.8. The summed E-state index contributed by atoms with van der Waals surface area (Å²) in [5.41, 5.74) is 6.19. The van der Waals surface area contributed by atoms with Crippen molar-refractivity contribution in [3.05, 3.63) is 23.8 Å². The molecule has 0 aliphatic heterocycles. The van der Waals surface area contributed by atoms with Crippen LogP contribution in [0.2, 0.25) is 0 Å². The lowest BCUT2D eigenvalue weighted by Gasteiger charge is -2.26. The zero-order valence-corrected chi connectivity index (χ0v) is 10.8. The van der Waals surface area contributed by atoms with Crippen molar-refractivity contribution < 1.29 is 4.79 Å². The predicted octanol–water partition coefficient (Wildman–Crippen LogP) is 0.899. The fraction of sp³-hybridized carbons (Fsp3) is 0.583. The molecule has 0 aliphatic rings. The van der Waals surface area contributed by atoms with Gasteiger partial charge in [0.15, 0.2) is 0 Å². The molecule has 1 heterocycles. The molecule has 0 aromatic carbocycles. The van der Waals surface area contributed by atoms with Crippen molar-refractivity contribution in [2.75, 3.05) is 13.6 Å². The second kappa shape index (κ2) is 5.72. The van der Waals surface area contributed by atoms with Gasteiger partial charge < -0.3 is 5.73 Å². The number of aromatic nitrogens is 2. The van der Waals surface area contributed by atoms with E-state index >= 15 is 0 Å². The first kappa shape index (κ1) is 13.6. The van der Waals surface area contributed by atoms with Gasteiger partial charge in [0.2, 0.25) is 5.91 Å². The molecule has 0 fully saturated rings. The van der Waals surface area contributed by atoms with Crippen LogP contribution in [0.5, 0.6) is 0 Å². The Morgan fingerprint density at radius 3 is 2.35 bits per heavy atom. The maximum atomic E-state index is 11.5. The van der Waals surface area contributed by atoms with Gasteiger partial charge in [-0.25, -0.2) is 9.97 Å². The topological polar surface area (TPSA) is 72.1 Å². The first-order valence-corrected chi connectivity index (χ1v) is 5.70. The molecule has 17 heavy (non-hydrogen) atoms. The van der Waals surface area contributed by atoms with Gasteiger partial charge in [-0.05, 0) is 19.9 Å². The zero-order chi connectivity index (χ0) is 13.0. The highest BCUT2D eigenvalue weighted by Crippen LogP contribution is 2.18. The smallest absolute Gasteiger partial charge is 0.239 e. The van der Waals surface area contributed by atoms with Crippen LogP contribution in [0, 0.1) is 12.8 Å². The van der Waals surface area contributed by atoms with Crippen LogP contribution in [0.15, 0.2) is 12.4 Å². The van der Waals surface area contributed by atoms with Crippen molar-refractivity contribution in [2.24, 2.45) is 11.7 Å². The summed E-state index contributed by atoms with van der Waals surface area (Å²) in [6, 6.07) is -0.460. The molecule has 5 heteroatoms. The number of nitrogens with zero attached hydrogens (tertiary/aromatic N) is 3. The number of hydrogen-bond donors (Lipinski definition) is 1. The molecule has 1 rings (SSSR count). The normalized spacial score (nSPS) is 13.1. The van der Waals surface area contributed by atoms with E-state index in [1.807, 2.05) is 11.9 Å². The molecule has 0 saturated carbocycles. The minimum Gasteiger partial charge on any atom is -0.368 e. The van der Waals surface area contributed by atoms with E-state index in [9.17, 15) is 4.79 Å². The molecule has 0 saturated heterocycles. The summed E-state index contributed by atoms with van der Waals surface area (Å²) in [5.74, 6) is 0.775. The van der Waals surface area contributed by atoms with Gasteiger partial charge in [0, 0.05) is 24.5 Å².